The zero-order valence-corrected chi connectivity index (χ0v) is 14.8. The lowest BCUT2D eigenvalue weighted by Crippen LogP contribution is -2.11. The van der Waals surface area contributed by atoms with Gasteiger partial charge in [-0.25, -0.2) is 14.4 Å². The summed E-state index contributed by atoms with van der Waals surface area (Å²) in [5, 5.41) is 13.8. The van der Waals surface area contributed by atoms with E-state index in [9.17, 15) is 4.39 Å². The summed E-state index contributed by atoms with van der Waals surface area (Å²) in [7, 11) is 0. The largest absolute Gasteiger partial charge is 0.348 e. The van der Waals surface area contributed by atoms with E-state index in [-0.39, 0.29) is 11.9 Å². The number of nitrogens with one attached hydrogen (secondary N) is 3. The molecule has 0 saturated heterocycles. The van der Waals surface area contributed by atoms with E-state index in [0.29, 0.717) is 28.7 Å². The van der Waals surface area contributed by atoms with Crippen LogP contribution in [0.2, 0.25) is 5.02 Å². The molecule has 0 unspecified atom stereocenters. The molecule has 1 aliphatic carbocycles. The minimum atomic E-state index is -0.373. The minimum absolute atomic E-state index is 0.204. The van der Waals surface area contributed by atoms with Gasteiger partial charge in [0, 0.05) is 22.7 Å². The van der Waals surface area contributed by atoms with E-state index in [0.717, 1.165) is 11.3 Å². The topological polar surface area (TPSA) is 91.4 Å². The second-order valence-electron chi connectivity index (χ2n) is 6.27. The lowest BCUT2D eigenvalue weighted by molar-refractivity contribution is 0.626. The number of aromatic nitrogens is 5. The lowest BCUT2D eigenvalue weighted by Gasteiger charge is -2.15. The molecule has 4 rings (SSSR count). The Balaban J connectivity index is 1.46. The highest BCUT2D eigenvalue weighted by Gasteiger charge is 2.25. The van der Waals surface area contributed by atoms with Gasteiger partial charge in [0.15, 0.2) is 5.82 Å². The average Bonchev–Trinajstić information content (AvgIpc) is 3.35. The number of hydrogen-bond donors (Lipinski definition) is 3. The third-order valence-electron chi connectivity index (χ3n) is 4.20. The molecule has 1 atom stereocenters. The van der Waals surface area contributed by atoms with Crippen molar-refractivity contribution in [3.8, 4) is 0 Å². The molecule has 0 spiro atoms. The quantitative estimate of drug-likeness (QED) is 0.600. The number of rotatable bonds is 6. The summed E-state index contributed by atoms with van der Waals surface area (Å²) >= 11 is 6.10. The molecular formula is C17H17ClFN7. The number of halogens is 2. The van der Waals surface area contributed by atoms with Gasteiger partial charge in [0.2, 0.25) is 11.9 Å². The maximum atomic E-state index is 13.2. The number of hydrogen-bond acceptors (Lipinski definition) is 6. The van der Waals surface area contributed by atoms with Crippen LogP contribution >= 0.6 is 11.6 Å². The lowest BCUT2D eigenvalue weighted by atomic mass is 10.1. The maximum absolute atomic E-state index is 13.2. The number of H-pyrrole nitrogens is 1. The monoisotopic (exact) mass is 373 g/mol. The van der Waals surface area contributed by atoms with Gasteiger partial charge in [-0.15, -0.1) is 0 Å². The molecule has 0 amide bonds. The van der Waals surface area contributed by atoms with E-state index >= 15 is 0 Å². The molecule has 1 aromatic carbocycles. The summed E-state index contributed by atoms with van der Waals surface area (Å²) in [6.45, 7) is 1.89. The summed E-state index contributed by atoms with van der Waals surface area (Å²) in [4.78, 5) is 12.6. The van der Waals surface area contributed by atoms with Crippen LogP contribution in [0.15, 0.2) is 30.6 Å². The second-order valence-corrected chi connectivity index (χ2v) is 6.68. The van der Waals surface area contributed by atoms with Crippen molar-refractivity contribution in [2.24, 2.45) is 0 Å². The van der Waals surface area contributed by atoms with Gasteiger partial charge in [0.1, 0.15) is 12.1 Å². The second kappa shape index (κ2) is 6.87. The van der Waals surface area contributed by atoms with E-state index in [1.807, 2.05) is 13.0 Å². The van der Waals surface area contributed by atoms with Crippen LogP contribution in [0.1, 0.15) is 43.0 Å². The summed E-state index contributed by atoms with van der Waals surface area (Å²) in [5.74, 6) is 1.65. The standard InChI is InChI=1S/C17H17ClFN7/c1-9(12-5-4-11(19)6-13(12)18)22-16-20-8-21-17(24-16)23-15-7-14(25-26-15)10-2-3-10/h4-10H,2-3H2,1H3,(H3,20,21,22,23,24,25,26)/t9-/m0/s1. The first-order valence-electron chi connectivity index (χ1n) is 8.31. The van der Waals surface area contributed by atoms with Gasteiger partial charge >= 0.3 is 0 Å². The molecule has 7 nitrogen and oxygen atoms in total. The van der Waals surface area contributed by atoms with Crippen LogP contribution in [0.3, 0.4) is 0 Å². The van der Waals surface area contributed by atoms with Crippen LogP contribution in [-0.2, 0) is 0 Å². The predicted molar refractivity (Wildman–Crippen MR) is 97.1 cm³/mol. The number of aromatic amines is 1. The molecule has 0 aliphatic heterocycles. The van der Waals surface area contributed by atoms with E-state index in [1.54, 1.807) is 6.07 Å². The van der Waals surface area contributed by atoms with Crippen LogP contribution in [-0.4, -0.2) is 25.1 Å². The molecule has 134 valence electrons. The third kappa shape index (κ3) is 3.75. The van der Waals surface area contributed by atoms with E-state index in [2.05, 4.69) is 35.8 Å². The summed E-state index contributed by atoms with van der Waals surface area (Å²) in [6.07, 6.45) is 3.81. The zero-order valence-electron chi connectivity index (χ0n) is 14.0. The van der Waals surface area contributed by atoms with Crippen molar-refractivity contribution in [1.82, 2.24) is 25.1 Å². The summed E-state index contributed by atoms with van der Waals surface area (Å²) in [6, 6.07) is 6.05. The fourth-order valence-corrected chi connectivity index (χ4v) is 3.00. The molecule has 0 bridgehead atoms. The summed E-state index contributed by atoms with van der Waals surface area (Å²) < 4.78 is 13.2. The molecule has 3 aromatic rings. The smallest absolute Gasteiger partial charge is 0.233 e. The van der Waals surface area contributed by atoms with Crippen molar-refractivity contribution in [3.05, 3.63) is 52.7 Å². The summed E-state index contributed by atoms with van der Waals surface area (Å²) in [5.41, 5.74) is 1.88. The van der Waals surface area contributed by atoms with Crippen molar-refractivity contribution in [2.75, 3.05) is 10.6 Å². The molecule has 0 radical (unpaired) electrons. The van der Waals surface area contributed by atoms with Crippen LogP contribution < -0.4 is 10.6 Å². The highest BCUT2D eigenvalue weighted by molar-refractivity contribution is 6.31. The van der Waals surface area contributed by atoms with Gasteiger partial charge in [-0.1, -0.05) is 17.7 Å². The first kappa shape index (κ1) is 16.7. The Morgan fingerprint density at radius 1 is 1.23 bits per heavy atom. The molecule has 2 aromatic heterocycles. The van der Waals surface area contributed by atoms with Gasteiger partial charge in [-0.3, -0.25) is 5.10 Å². The Kier molecular flexibility index (Phi) is 4.42. The van der Waals surface area contributed by atoms with Gasteiger partial charge in [0.25, 0.3) is 0 Å². The number of benzene rings is 1. The normalized spacial score (nSPS) is 14.9. The van der Waals surface area contributed by atoms with Crippen molar-refractivity contribution < 1.29 is 4.39 Å². The molecule has 1 fully saturated rings. The molecule has 1 saturated carbocycles. The molecule has 26 heavy (non-hydrogen) atoms. The van der Waals surface area contributed by atoms with Crippen LogP contribution in [0.4, 0.5) is 22.1 Å². The minimum Gasteiger partial charge on any atom is -0.348 e. The number of nitrogens with zero attached hydrogens (tertiary/aromatic N) is 4. The van der Waals surface area contributed by atoms with Crippen molar-refractivity contribution >= 4 is 29.3 Å². The fourth-order valence-electron chi connectivity index (χ4n) is 2.67. The van der Waals surface area contributed by atoms with Crippen molar-refractivity contribution in [1.29, 1.82) is 0 Å². The SMILES string of the molecule is C[C@H](Nc1ncnc(Nc2cc(C3CC3)[nH]n2)n1)c1ccc(F)cc1Cl. The van der Waals surface area contributed by atoms with Crippen molar-refractivity contribution in [3.63, 3.8) is 0 Å². The Hall–Kier alpha value is -2.74. The Morgan fingerprint density at radius 3 is 2.81 bits per heavy atom. The molecule has 1 aliphatic rings. The van der Waals surface area contributed by atoms with Gasteiger partial charge in [0.05, 0.1) is 6.04 Å². The van der Waals surface area contributed by atoms with Gasteiger partial charge in [-0.05, 0) is 37.5 Å². The molecular weight excluding hydrogens is 357 g/mol. The van der Waals surface area contributed by atoms with Gasteiger partial charge < -0.3 is 10.6 Å². The predicted octanol–water partition coefficient (Wildman–Crippen LogP) is 4.18. The first-order valence-corrected chi connectivity index (χ1v) is 8.69. The Morgan fingerprint density at radius 2 is 2.04 bits per heavy atom. The maximum Gasteiger partial charge on any atom is 0.233 e. The Labute approximate surface area is 154 Å². The van der Waals surface area contributed by atoms with Crippen LogP contribution in [0.25, 0.3) is 0 Å². The molecule has 9 heteroatoms. The first-order chi connectivity index (χ1) is 12.6. The van der Waals surface area contributed by atoms with E-state index < -0.39 is 0 Å². The zero-order chi connectivity index (χ0) is 18.1. The van der Waals surface area contributed by atoms with Crippen LogP contribution in [0.5, 0.6) is 0 Å². The highest BCUT2D eigenvalue weighted by atomic mass is 35.5. The average molecular weight is 374 g/mol. The molecule has 3 N–H and O–H groups in total. The molecule has 2 heterocycles. The van der Waals surface area contributed by atoms with Crippen LogP contribution in [0, 0.1) is 5.82 Å². The van der Waals surface area contributed by atoms with E-state index in [1.165, 1.54) is 31.3 Å². The highest BCUT2D eigenvalue weighted by Crippen LogP contribution is 2.39. The van der Waals surface area contributed by atoms with Gasteiger partial charge in [-0.2, -0.15) is 10.1 Å². The Bertz CT molecular complexity index is 925. The number of anilines is 3. The fraction of sp³-hybridized carbons (Fsp3) is 0.294. The van der Waals surface area contributed by atoms with Crippen molar-refractivity contribution in [2.45, 2.75) is 31.7 Å². The van der Waals surface area contributed by atoms with E-state index in [4.69, 9.17) is 11.6 Å². The third-order valence-corrected chi connectivity index (χ3v) is 4.53.